The van der Waals surface area contributed by atoms with Crippen LogP contribution in [0.1, 0.15) is 104 Å². The smallest absolute Gasteiger partial charge is 0.269 e. The van der Waals surface area contributed by atoms with Crippen LogP contribution in [0.25, 0.3) is 16.9 Å². The Bertz CT molecular complexity index is 2410. The lowest BCUT2D eigenvalue weighted by Crippen LogP contribution is -2.43. The first kappa shape index (κ1) is 39.9. The molecule has 5 N–H and O–H groups in total. The van der Waals surface area contributed by atoms with E-state index in [9.17, 15) is 14.4 Å². The lowest BCUT2D eigenvalue weighted by molar-refractivity contribution is -0.134. The molecular weight excluding hydrogens is 776 g/mol. The van der Waals surface area contributed by atoms with E-state index in [2.05, 4.69) is 61.1 Å². The van der Waals surface area contributed by atoms with Gasteiger partial charge in [-0.3, -0.25) is 29.6 Å². The summed E-state index contributed by atoms with van der Waals surface area (Å²) in [6.45, 7) is 3.81. The summed E-state index contributed by atoms with van der Waals surface area (Å²) in [6, 6.07) is 18.9. The third-order valence-corrected chi connectivity index (χ3v) is 13.4. The van der Waals surface area contributed by atoms with E-state index in [4.69, 9.17) is 27.4 Å². The Kier molecular flexibility index (Phi) is 11.2. The topological polar surface area (TPSA) is 163 Å². The Morgan fingerprint density at radius 1 is 0.933 bits per heavy atom. The lowest BCUT2D eigenvalue weighted by atomic mass is 9.67. The molecule has 60 heavy (non-hydrogen) atoms. The van der Waals surface area contributed by atoms with E-state index in [0.717, 1.165) is 79.3 Å². The maximum Gasteiger partial charge on any atom is 0.269 e. The van der Waals surface area contributed by atoms with E-state index in [1.807, 2.05) is 37.5 Å². The van der Waals surface area contributed by atoms with Crippen molar-refractivity contribution in [2.75, 3.05) is 42.2 Å². The number of pyridine rings is 1. The van der Waals surface area contributed by atoms with E-state index >= 15 is 0 Å². The molecule has 312 valence electrons. The largest absolute Gasteiger partial charge is 0.385 e. The number of aromatic nitrogens is 4. The van der Waals surface area contributed by atoms with Crippen LogP contribution in [0.2, 0.25) is 5.02 Å². The van der Waals surface area contributed by atoms with Crippen LogP contribution in [0.5, 0.6) is 0 Å². The van der Waals surface area contributed by atoms with Crippen LogP contribution in [-0.2, 0) is 22.6 Å². The normalized spacial score (nSPS) is 20.0. The molecular formula is C46H53ClN10O3. The summed E-state index contributed by atoms with van der Waals surface area (Å²) in [7, 11) is 1.82. The molecule has 6 heterocycles. The van der Waals surface area contributed by atoms with Gasteiger partial charge in [0.1, 0.15) is 5.69 Å². The minimum Gasteiger partial charge on any atom is -0.385 e. The number of carbonyl (C=O) groups excluding carboxylic acids is 3. The van der Waals surface area contributed by atoms with E-state index in [-0.39, 0.29) is 17.5 Å². The van der Waals surface area contributed by atoms with Crippen LogP contribution < -0.4 is 26.6 Å². The highest BCUT2D eigenvalue weighted by molar-refractivity contribution is 6.31. The first-order chi connectivity index (χ1) is 29.2. The maximum atomic E-state index is 12.5. The second-order valence-corrected chi connectivity index (χ2v) is 17.6. The van der Waals surface area contributed by atoms with E-state index < -0.39 is 11.8 Å². The molecule has 3 aliphatic heterocycles. The molecule has 2 aromatic carbocycles. The number of hydrogen-bond donors (Lipinski definition) is 4. The number of anilines is 4. The third kappa shape index (κ3) is 8.29. The zero-order chi connectivity index (χ0) is 41.4. The van der Waals surface area contributed by atoms with Crippen molar-refractivity contribution in [2.24, 2.45) is 11.1 Å². The average molecular weight is 829 g/mol. The molecule has 3 amide bonds. The molecule has 1 unspecified atom stereocenters. The number of fused-ring (bicyclic) bond motifs is 2. The summed E-state index contributed by atoms with van der Waals surface area (Å²) in [5.41, 5.74) is 14.9. The Balaban J connectivity index is 0.00000148. The summed E-state index contributed by atoms with van der Waals surface area (Å²) < 4.78 is 1.52. The SMILES string of the molecule is C1CC1.CNc1cc(N2CCc3c(-c4ccc(CN5CCC6(CCC(Nc7ccc(Cl)c(C8CCC(=O)NC8=O)c7)CC6)CC5)cn4)cccc32)nn2c(C(N)=O)cnc12. The number of rotatable bonds is 9. The zero-order valence-electron chi connectivity index (χ0n) is 34.2. The summed E-state index contributed by atoms with van der Waals surface area (Å²) in [5, 5.41) is 14.7. The van der Waals surface area contributed by atoms with Gasteiger partial charge in [0.05, 0.1) is 23.5 Å². The first-order valence-corrected chi connectivity index (χ1v) is 21.9. The number of carbonyl (C=O) groups is 3. The molecule has 1 spiro atoms. The van der Waals surface area contributed by atoms with E-state index in [1.54, 1.807) is 0 Å². The van der Waals surface area contributed by atoms with Gasteiger partial charge in [0.25, 0.3) is 5.91 Å². The summed E-state index contributed by atoms with van der Waals surface area (Å²) >= 11 is 6.52. The number of halogens is 1. The van der Waals surface area contributed by atoms with Gasteiger partial charge in [-0.25, -0.2) is 9.50 Å². The molecule has 13 nitrogen and oxygen atoms in total. The minimum absolute atomic E-state index is 0.219. The van der Waals surface area contributed by atoms with Gasteiger partial charge >= 0.3 is 0 Å². The molecule has 0 radical (unpaired) electrons. The second kappa shape index (κ2) is 16.8. The lowest BCUT2D eigenvalue weighted by Gasteiger charge is -2.46. The van der Waals surface area contributed by atoms with Gasteiger partial charge in [0.15, 0.2) is 11.5 Å². The number of imide groups is 1. The number of benzene rings is 2. The fourth-order valence-electron chi connectivity index (χ4n) is 9.47. The molecule has 4 fully saturated rings. The van der Waals surface area contributed by atoms with Gasteiger partial charge in [-0.2, -0.15) is 0 Å². The van der Waals surface area contributed by atoms with Crippen LogP contribution >= 0.6 is 11.6 Å². The van der Waals surface area contributed by atoms with Gasteiger partial charge < -0.3 is 21.3 Å². The van der Waals surface area contributed by atoms with Crippen molar-refractivity contribution < 1.29 is 14.4 Å². The number of nitrogens with two attached hydrogens (primary N) is 1. The average Bonchev–Trinajstić information content (AvgIpc) is 3.98. The molecule has 5 aliphatic rings. The first-order valence-electron chi connectivity index (χ1n) is 21.5. The molecule has 1 atom stereocenters. The van der Waals surface area contributed by atoms with Crippen LogP contribution in [0.3, 0.4) is 0 Å². The predicted molar refractivity (Wildman–Crippen MR) is 235 cm³/mol. The van der Waals surface area contributed by atoms with Crippen molar-refractivity contribution in [3.8, 4) is 11.3 Å². The molecule has 2 saturated heterocycles. The summed E-state index contributed by atoms with van der Waals surface area (Å²) in [6.07, 6.45) is 16.7. The third-order valence-electron chi connectivity index (χ3n) is 13.1. The number of primary amides is 1. The monoisotopic (exact) mass is 828 g/mol. The Hall–Kier alpha value is -5.53. The number of nitrogens with one attached hydrogen (secondary N) is 3. The molecule has 10 rings (SSSR count). The number of hydrogen-bond acceptors (Lipinski definition) is 10. The molecule has 3 aromatic heterocycles. The van der Waals surface area contributed by atoms with Crippen molar-refractivity contribution in [1.82, 2.24) is 29.8 Å². The second-order valence-electron chi connectivity index (χ2n) is 17.2. The van der Waals surface area contributed by atoms with Crippen molar-refractivity contribution in [3.63, 3.8) is 0 Å². The number of piperidine rings is 2. The highest BCUT2D eigenvalue weighted by Crippen LogP contribution is 2.46. The number of likely N-dealkylation sites (tertiary alicyclic amines) is 1. The molecule has 2 aliphatic carbocycles. The minimum atomic E-state index is -0.578. The van der Waals surface area contributed by atoms with Crippen LogP contribution in [0, 0.1) is 5.41 Å². The van der Waals surface area contributed by atoms with Crippen molar-refractivity contribution in [1.29, 1.82) is 0 Å². The highest BCUT2D eigenvalue weighted by Gasteiger charge is 2.38. The van der Waals surface area contributed by atoms with Gasteiger partial charge in [0.2, 0.25) is 11.8 Å². The molecule has 14 heteroatoms. The van der Waals surface area contributed by atoms with Crippen molar-refractivity contribution >= 4 is 57.8 Å². The number of imidazole rings is 1. The van der Waals surface area contributed by atoms with Gasteiger partial charge in [-0.15, -0.1) is 5.10 Å². The molecule has 2 saturated carbocycles. The number of amides is 3. The highest BCUT2D eigenvalue weighted by atomic mass is 35.5. The van der Waals surface area contributed by atoms with Crippen molar-refractivity contribution in [3.05, 3.63) is 94.4 Å². The molecule has 5 aromatic rings. The van der Waals surface area contributed by atoms with Gasteiger partial charge in [-0.05, 0) is 117 Å². The predicted octanol–water partition coefficient (Wildman–Crippen LogP) is 7.61. The Labute approximate surface area is 355 Å². The Morgan fingerprint density at radius 3 is 2.43 bits per heavy atom. The van der Waals surface area contributed by atoms with Crippen LogP contribution in [-0.4, -0.2) is 74.9 Å². The number of nitrogens with zero attached hydrogens (tertiary/aromatic N) is 6. The van der Waals surface area contributed by atoms with Crippen molar-refractivity contribution in [2.45, 2.75) is 95.6 Å². The summed E-state index contributed by atoms with van der Waals surface area (Å²) in [4.78, 5) is 50.4. The maximum absolute atomic E-state index is 12.5. The van der Waals surface area contributed by atoms with Gasteiger partial charge in [-0.1, -0.05) is 49.1 Å². The zero-order valence-corrected chi connectivity index (χ0v) is 34.9. The standard InChI is InChI=1S/C43H47ClN10O3.C3H6/c1-46-35-22-38(51-54-37(40(45)56)24-48-41(35)54)53-18-13-30-29(3-2-4-36(30)53)34-9-5-26(23-47-34)25-52-19-16-43(17-20-52)14-11-27(12-15-43)49-28-6-8-33(44)32(21-28)31-7-10-39(55)50-42(31)57;1-2-3-1/h2-6,8-9,21-24,27,31,46,49H,7,10-20,25H2,1H3,(H2,45,56)(H,50,55,57);1-3H2. The van der Waals surface area contributed by atoms with Crippen LogP contribution in [0.15, 0.2) is 67.0 Å². The fourth-order valence-corrected chi connectivity index (χ4v) is 9.72. The van der Waals surface area contributed by atoms with E-state index in [0.29, 0.717) is 40.8 Å². The quantitative estimate of drug-likeness (QED) is 0.109. The van der Waals surface area contributed by atoms with Crippen LogP contribution in [0.4, 0.5) is 22.9 Å². The van der Waals surface area contributed by atoms with Gasteiger partial charge in [0, 0.05) is 66.8 Å². The fraction of sp³-hybridized carbons (Fsp3) is 0.435. The molecule has 0 bridgehead atoms. The summed E-state index contributed by atoms with van der Waals surface area (Å²) in [5.74, 6) is -0.751. The van der Waals surface area contributed by atoms with E-state index in [1.165, 1.54) is 66.8 Å². The Morgan fingerprint density at radius 2 is 1.73 bits per heavy atom.